The Kier molecular flexibility index (Phi) is 3.31. The molecule has 96 valence electrons. The number of amides is 1. The fourth-order valence-electron chi connectivity index (χ4n) is 1.62. The van der Waals surface area contributed by atoms with Crippen molar-refractivity contribution in [3.05, 3.63) is 29.8 Å². The van der Waals surface area contributed by atoms with Crippen molar-refractivity contribution in [2.45, 2.75) is 20.0 Å². The fraction of sp³-hybridized carbons (Fsp3) is 0.364. The smallest absolute Gasteiger partial charge is 0.274 e. The molecule has 2 rings (SSSR count). The minimum Gasteiger partial charge on any atom is -0.396 e. The Bertz CT molecular complexity index is 556. The summed E-state index contributed by atoms with van der Waals surface area (Å²) >= 11 is 0. The third kappa shape index (κ3) is 2.50. The third-order valence-corrected chi connectivity index (χ3v) is 2.54. The van der Waals surface area contributed by atoms with Gasteiger partial charge in [-0.25, -0.2) is 0 Å². The predicted octanol–water partition coefficient (Wildman–Crippen LogP) is 0.149. The Balaban J connectivity index is 1.98. The average Bonchev–Trinajstić information content (AvgIpc) is 2.92. The van der Waals surface area contributed by atoms with E-state index in [4.69, 9.17) is 5.73 Å². The molecule has 2 heterocycles. The molecule has 2 aromatic heterocycles. The summed E-state index contributed by atoms with van der Waals surface area (Å²) in [6.45, 7) is 3.22. The molecule has 0 bridgehead atoms. The largest absolute Gasteiger partial charge is 0.396 e. The quantitative estimate of drug-likeness (QED) is 0.805. The number of nitrogens with two attached hydrogens (primary N) is 1. The van der Waals surface area contributed by atoms with Crippen LogP contribution in [0.1, 0.15) is 23.0 Å². The van der Waals surface area contributed by atoms with Gasteiger partial charge in [0, 0.05) is 38.1 Å². The number of aromatic nitrogens is 4. The summed E-state index contributed by atoms with van der Waals surface area (Å²) in [5, 5.41) is 10.9. The van der Waals surface area contributed by atoms with Gasteiger partial charge in [0.15, 0.2) is 5.69 Å². The highest BCUT2D eigenvalue weighted by Crippen LogP contribution is 2.08. The van der Waals surface area contributed by atoms with Gasteiger partial charge in [-0.05, 0) is 6.92 Å². The first-order valence-electron chi connectivity index (χ1n) is 5.68. The minimum absolute atomic E-state index is 0.250. The van der Waals surface area contributed by atoms with Crippen molar-refractivity contribution in [1.29, 1.82) is 0 Å². The van der Waals surface area contributed by atoms with E-state index in [2.05, 4.69) is 15.5 Å². The summed E-state index contributed by atoms with van der Waals surface area (Å²) in [6, 6.07) is 0. The predicted molar refractivity (Wildman–Crippen MR) is 66.7 cm³/mol. The molecule has 0 aliphatic heterocycles. The molecule has 0 saturated carbocycles. The molecule has 0 spiro atoms. The second-order valence-electron chi connectivity index (χ2n) is 3.99. The molecule has 7 heteroatoms. The normalized spacial score (nSPS) is 10.6. The van der Waals surface area contributed by atoms with Crippen molar-refractivity contribution in [3.8, 4) is 0 Å². The third-order valence-electron chi connectivity index (χ3n) is 2.54. The van der Waals surface area contributed by atoms with E-state index in [1.807, 2.05) is 13.1 Å². The van der Waals surface area contributed by atoms with Crippen LogP contribution < -0.4 is 11.1 Å². The average molecular weight is 248 g/mol. The van der Waals surface area contributed by atoms with Gasteiger partial charge in [0.2, 0.25) is 0 Å². The first kappa shape index (κ1) is 12.2. The number of aryl methyl sites for hydroxylation is 2. The number of nitrogens with zero attached hydrogens (tertiary/aromatic N) is 4. The van der Waals surface area contributed by atoms with Crippen LogP contribution in [0, 0.1) is 0 Å². The summed E-state index contributed by atoms with van der Waals surface area (Å²) in [6.07, 6.45) is 5.22. The van der Waals surface area contributed by atoms with Gasteiger partial charge >= 0.3 is 0 Å². The Hall–Kier alpha value is -2.31. The number of carbonyl (C=O) groups is 1. The standard InChI is InChI=1S/C11H16N6O/c1-3-17-6-8(5-14-17)4-13-11(18)10-9(12)7-16(2)15-10/h5-7H,3-4,12H2,1-2H3,(H,13,18). The zero-order valence-corrected chi connectivity index (χ0v) is 10.4. The highest BCUT2D eigenvalue weighted by Gasteiger charge is 2.13. The van der Waals surface area contributed by atoms with Crippen LogP contribution in [0.4, 0.5) is 5.69 Å². The second-order valence-corrected chi connectivity index (χ2v) is 3.99. The SMILES string of the molecule is CCn1cc(CNC(=O)c2nn(C)cc2N)cn1. The lowest BCUT2D eigenvalue weighted by atomic mass is 10.3. The number of hydrogen-bond acceptors (Lipinski definition) is 4. The van der Waals surface area contributed by atoms with Crippen molar-refractivity contribution >= 4 is 11.6 Å². The van der Waals surface area contributed by atoms with Gasteiger partial charge in [-0.2, -0.15) is 10.2 Å². The highest BCUT2D eigenvalue weighted by atomic mass is 16.1. The number of nitrogens with one attached hydrogen (secondary N) is 1. The summed E-state index contributed by atoms with van der Waals surface area (Å²) in [7, 11) is 1.72. The Morgan fingerprint density at radius 2 is 2.28 bits per heavy atom. The summed E-state index contributed by atoms with van der Waals surface area (Å²) in [5.41, 5.74) is 7.25. The zero-order chi connectivity index (χ0) is 13.1. The van der Waals surface area contributed by atoms with Gasteiger partial charge in [0.05, 0.1) is 11.9 Å². The first-order valence-corrected chi connectivity index (χ1v) is 5.68. The topological polar surface area (TPSA) is 90.8 Å². The van der Waals surface area contributed by atoms with Crippen molar-refractivity contribution in [3.63, 3.8) is 0 Å². The Morgan fingerprint density at radius 1 is 1.50 bits per heavy atom. The zero-order valence-electron chi connectivity index (χ0n) is 10.4. The fourth-order valence-corrected chi connectivity index (χ4v) is 1.62. The Labute approximate surface area is 105 Å². The molecule has 0 atom stereocenters. The molecule has 0 saturated heterocycles. The van der Waals surface area contributed by atoms with Gasteiger partial charge < -0.3 is 11.1 Å². The van der Waals surface area contributed by atoms with Gasteiger partial charge in [-0.15, -0.1) is 0 Å². The maximum absolute atomic E-state index is 11.8. The molecule has 2 aromatic rings. The van der Waals surface area contributed by atoms with Gasteiger partial charge in [0.25, 0.3) is 5.91 Å². The van der Waals surface area contributed by atoms with Crippen LogP contribution in [0.5, 0.6) is 0 Å². The first-order chi connectivity index (χ1) is 8.60. The van der Waals surface area contributed by atoms with Crippen LogP contribution in [0.3, 0.4) is 0 Å². The van der Waals surface area contributed by atoms with Crippen molar-refractivity contribution in [2.75, 3.05) is 5.73 Å². The van der Waals surface area contributed by atoms with Crippen LogP contribution in [0.15, 0.2) is 18.6 Å². The summed E-state index contributed by atoms with van der Waals surface area (Å²) < 4.78 is 3.32. The molecule has 1 amide bonds. The van der Waals surface area contributed by atoms with Crippen molar-refractivity contribution in [2.24, 2.45) is 7.05 Å². The molecule has 7 nitrogen and oxygen atoms in total. The van der Waals surface area contributed by atoms with Crippen LogP contribution in [-0.2, 0) is 20.1 Å². The lowest BCUT2D eigenvalue weighted by molar-refractivity contribution is 0.0946. The maximum atomic E-state index is 11.8. The molecule has 0 aliphatic rings. The van der Waals surface area contributed by atoms with E-state index in [-0.39, 0.29) is 11.6 Å². The van der Waals surface area contributed by atoms with Gasteiger partial charge in [-0.3, -0.25) is 14.2 Å². The lowest BCUT2D eigenvalue weighted by Gasteiger charge is -2.01. The van der Waals surface area contributed by atoms with Gasteiger partial charge in [0.1, 0.15) is 0 Å². The van der Waals surface area contributed by atoms with Crippen LogP contribution >= 0.6 is 0 Å². The van der Waals surface area contributed by atoms with Crippen LogP contribution in [-0.4, -0.2) is 25.5 Å². The molecule has 0 unspecified atom stereocenters. The van der Waals surface area contributed by atoms with Crippen molar-refractivity contribution < 1.29 is 4.79 Å². The lowest BCUT2D eigenvalue weighted by Crippen LogP contribution is -2.24. The number of rotatable bonds is 4. The van der Waals surface area contributed by atoms with E-state index in [0.717, 1.165) is 12.1 Å². The molecule has 18 heavy (non-hydrogen) atoms. The van der Waals surface area contributed by atoms with E-state index in [1.54, 1.807) is 24.1 Å². The van der Waals surface area contributed by atoms with E-state index in [1.165, 1.54) is 4.68 Å². The maximum Gasteiger partial charge on any atom is 0.274 e. The monoisotopic (exact) mass is 248 g/mol. The number of hydrogen-bond donors (Lipinski definition) is 2. The number of nitrogen functional groups attached to an aromatic ring is 1. The minimum atomic E-state index is -0.280. The molecule has 0 fully saturated rings. The molecule has 0 radical (unpaired) electrons. The number of anilines is 1. The van der Waals surface area contributed by atoms with Crippen LogP contribution in [0.2, 0.25) is 0 Å². The summed E-state index contributed by atoms with van der Waals surface area (Å²) in [4.78, 5) is 11.8. The van der Waals surface area contributed by atoms with E-state index >= 15 is 0 Å². The highest BCUT2D eigenvalue weighted by molar-refractivity contribution is 5.96. The van der Waals surface area contributed by atoms with Crippen molar-refractivity contribution in [1.82, 2.24) is 24.9 Å². The van der Waals surface area contributed by atoms with Crippen LogP contribution in [0.25, 0.3) is 0 Å². The van der Waals surface area contributed by atoms with E-state index in [9.17, 15) is 4.79 Å². The van der Waals surface area contributed by atoms with E-state index < -0.39 is 0 Å². The van der Waals surface area contributed by atoms with E-state index in [0.29, 0.717) is 12.2 Å². The molecular formula is C11H16N6O. The summed E-state index contributed by atoms with van der Waals surface area (Å²) in [5.74, 6) is -0.280. The Morgan fingerprint density at radius 3 is 2.83 bits per heavy atom. The van der Waals surface area contributed by atoms with Gasteiger partial charge in [-0.1, -0.05) is 0 Å². The molecule has 0 aromatic carbocycles. The second kappa shape index (κ2) is 4.91. The number of carbonyl (C=O) groups excluding carboxylic acids is 1. The molecular weight excluding hydrogens is 232 g/mol. The molecule has 3 N–H and O–H groups in total. The molecule has 0 aliphatic carbocycles.